The molecule has 218 valence electrons. The topological polar surface area (TPSA) is 113 Å². The van der Waals surface area contributed by atoms with Crippen LogP contribution in [0.15, 0.2) is 0 Å². The summed E-state index contributed by atoms with van der Waals surface area (Å²) in [7, 11) is 0. The van der Waals surface area contributed by atoms with E-state index in [9.17, 15) is 14.4 Å². The van der Waals surface area contributed by atoms with Gasteiger partial charge in [-0.1, -0.05) is 111 Å². The zero-order chi connectivity index (χ0) is 27.7. The Morgan fingerprint density at radius 2 is 1.16 bits per heavy atom. The summed E-state index contributed by atoms with van der Waals surface area (Å²) in [5.74, 6) is -1.98. The van der Waals surface area contributed by atoms with E-state index < -0.39 is 18.0 Å². The van der Waals surface area contributed by atoms with Gasteiger partial charge in [0.05, 0.1) is 13.0 Å². The summed E-state index contributed by atoms with van der Waals surface area (Å²) in [4.78, 5) is 43.3. The van der Waals surface area contributed by atoms with Crippen molar-refractivity contribution in [1.29, 1.82) is 0 Å². The number of carboxylic acid groups (broad SMARTS) is 1. The van der Waals surface area contributed by atoms with Crippen molar-refractivity contribution in [2.24, 2.45) is 5.73 Å². The molecular formula is C29H57N3O5. The fourth-order valence-corrected chi connectivity index (χ4v) is 4.33. The molecule has 0 aromatic rings. The maximum atomic E-state index is 12.8. The number of aliphatic carboxylic acids is 1. The molecule has 0 aliphatic carbocycles. The van der Waals surface area contributed by atoms with Gasteiger partial charge in [0.15, 0.2) is 0 Å². The van der Waals surface area contributed by atoms with Crippen molar-refractivity contribution in [2.75, 3.05) is 26.2 Å². The molecule has 0 aromatic carbocycles. The summed E-state index contributed by atoms with van der Waals surface area (Å²) in [6.07, 6.45) is 19.2. The second-order valence-electron chi connectivity index (χ2n) is 10.2. The van der Waals surface area contributed by atoms with Gasteiger partial charge in [0.1, 0.15) is 6.04 Å². The number of carboxylic acids is 1. The van der Waals surface area contributed by atoms with E-state index in [1.165, 1.54) is 77.0 Å². The van der Waals surface area contributed by atoms with E-state index >= 15 is 0 Å². The van der Waals surface area contributed by atoms with Gasteiger partial charge in [-0.25, -0.2) is 4.79 Å². The molecule has 1 atom stereocenters. The van der Waals surface area contributed by atoms with Crippen LogP contribution < -0.4 is 5.73 Å². The molecule has 0 saturated heterocycles. The number of rotatable bonds is 25. The van der Waals surface area contributed by atoms with Gasteiger partial charge >= 0.3 is 11.9 Å². The molecule has 0 unspecified atom stereocenters. The number of nitrogens with two attached hydrogens (primary N) is 1. The molecule has 0 aliphatic heterocycles. The van der Waals surface area contributed by atoms with Crippen molar-refractivity contribution in [1.82, 2.24) is 9.96 Å². The van der Waals surface area contributed by atoms with Crippen LogP contribution in [0.1, 0.15) is 136 Å². The van der Waals surface area contributed by atoms with E-state index in [4.69, 9.17) is 15.7 Å². The van der Waals surface area contributed by atoms with Crippen LogP contribution in [0.4, 0.5) is 0 Å². The normalized spacial score (nSPS) is 12.0. The van der Waals surface area contributed by atoms with Crippen LogP contribution in [0, 0.1) is 0 Å². The molecule has 0 radical (unpaired) electrons. The smallest absolute Gasteiger partial charge is 0.332 e. The number of amides is 1. The molecule has 0 spiro atoms. The fraction of sp³-hybridized carbons (Fsp3) is 0.897. The molecule has 0 heterocycles. The number of likely N-dealkylation sites (N-methyl/N-ethyl adjacent to an activating group) is 1. The van der Waals surface area contributed by atoms with Crippen LogP contribution in [-0.4, -0.2) is 65.1 Å². The Bertz CT molecular complexity index is 584. The molecular weight excluding hydrogens is 470 g/mol. The van der Waals surface area contributed by atoms with Gasteiger partial charge in [0.25, 0.3) is 5.91 Å². The molecule has 0 aliphatic rings. The minimum absolute atomic E-state index is 0.0225. The van der Waals surface area contributed by atoms with Gasteiger partial charge in [-0.05, 0) is 25.9 Å². The maximum absolute atomic E-state index is 12.8. The van der Waals surface area contributed by atoms with Gasteiger partial charge < -0.3 is 20.6 Å². The lowest BCUT2D eigenvalue weighted by Crippen LogP contribution is -2.40. The molecule has 0 fully saturated rings. The van der Waals surface area contributed by atoms with Crippen LogP contribution in [0.3, 0.4) is 0 Å². The van der Waals surface area contributed by atoms with Crippen molar-refractivity contribution < 1.29 is 24.3 Å². The van der Waals surface area contributed by atoms with Gasteiger partial charge in [-0.2, -0.15) is 5.06 Å². The standard InChI is InChI=1S/C29H57N3O5/c1-4-7-8-9-10-11-12-13-14-15-16-17-18-19-20-21-27(33)32(25-24-31(5-2)6-3)37-28(34)23-22-26(30)29(35)36/h26H,4-25,30H2,1-3H3,(H,35,36)/t26-/m0/s1. The highest BCUT2D eigenvalue weighted by Gasteiger charge is 2.21. The van der Waals surface area contributed by atoms with Crippen LogP contribution in [0.5, 0.6) is 0 Å². The predicted octanol–water partition coefficient (Wildman–Crippen LogP) is 6.07. The summed E-state index contributed by atoms with van der Waals surface area (Å²) < 4.78 is 0. The predicted molar refractivity (Wildman–Crippen MR) is 150 cm³/mol. The SMILES string of the molecule is CCCCCCCCCCCCCCCCCC(=O)N(CCN(CC)CC)OC(=O)CC[C@H](N)C(=O)O. The Morgan fingerprint density at radius 1 is 0.703 bits per heavy atom. The second-order valence-corrected chi connectivity index (χ2v) is 10.2. The highest BCUT2D eigenvalue weighted by Crippen LogP contribution is 2.14. The summed E-state index contributed by atoms with van der Waals surface area (Å²) >= 11 is 0. The number of hydrogen-bond acceptors (Lipinski definition) is 6. The average Bonchev–Trinajstić information content (AvgIpc) is 2.89. The van der Waals surface area contributed by atoms with Crippen molar-refractivity contribution in [3.05, 3.63) is 0 Å². The van der Waals surface area contributed by atoms with E-state index in [0.717, 1.165) is 37.4 Å². The summed E-state index contributed by atoms with van der Waals surface area (Å²) in [6.45, 7) is 8.96. The lowest BCUT2D eigenvalue weighted by molar-refractivity contribution is -0.199. The summed E-state index contributed by atoms with van der Waals surface area (Å²) in [6, 6.07) is -1.12. The number of carbonyl (C=O) groups excluding carboxylic acids is 2. The zero-order valence-electron chi connectivity index (χ0n) is 24.2. The Kier molecular flexibility index (Phi) is 23.5. The van der Waals surface area contributed by atoms with Gasteiger partial charge in [-0.3, -0.25) is 9.59 Å². The Hall–Kier alpha value is -1.67. The van der Waals surface area contributed by atoms with E-state index in [-0.39, 0.29) is 18.7 Å². The first kappa shape index (κ1) is 35.3. The third-order valence-corrected chi connectivity index (χ3v) is 6.97. The van der Waals surface area contributed by atoms with Gasteiger partial charge in [0, 0.05) is 13.0 Å². The summed E-state index contributed by atoms with van der Waals surface area (Å²) in [5.41, 5.74) is 5.47. The molecule has 1 amide bonds. The van der Waals surface area contributed by atoms with Crippen molar-refractivity contribution in [3.63, 3.8) is 0 Å². The van der Waals surface area contributed by atoms with Crippen LogP contribution in [0.2, 0.25) is 0 Å². The highest BCUT2D eigenvalue weighted by atomic mass is 16.7. The molecule has 8 heteroatoms. The quantitative estimate of drug-likeness (QED) is 0.109. The fourth-order valence-electron chi connectivity index (χ4n) is 4.33. The number of unbranched alkanes of at least 4 members (excludes halogenated alkanes) is 14. The maximum Gasteiger partial charge on any atom is 0.332 e. The molecule has 8 nitrogen and oxygen atoms in total. The van der Waals surface area contributed by atoms with E-state index in [2.05, 4.69) is 11.8 Å². The number of carbonyl (C=O) groups is 3. The van der Waals surface area contributed by atoms with Crippen molar-refractivity contribution in [3.8, 4) is 0 Å². The minimum Gasteiger partial charge on any atom is -0.480 e. The number of hydrogen-bond donors (Lipinski definition) is 2. The molecule has 37 heavy (non-hydrogen) atoms. The zero-order valence-corrected chi connectivity index (χ0v) is 24.2. The number of hydroxylamine groups is 2. The first-order chi connectivity index (χ1) is 17.8. The van der Waals surface area contributed by atoms with Gasteiger partial charge in [0.2, 0.25) is 0 Å². The minimum atomic E-state index is -1.16. The van der Waals surface area contributed by atoms with Crippen LogP contribution in [-0.2, 0) is 19.2 Å². The lowest BCUT2D eigenvalue weighted by Gasteiger charge is -2.25. The Labute approximate surface area is 226 Å². The third kappa shape index (κ3) is 21.0. The number of nitrogens with zero attached hydrogens (tertiary/aromatic N) is 2. The monoisotopic (exact) mass is 527 g/mol. The van der Waals surface area contributed by atoms with E-state index in [1.54, 1.807) is 0 Å². The third-order valence-electron chi connectivity index (χ3n) is 6.97. The van der Waals surface area contributed by atoms with Crippen molar-refractivity contribution in [2.45, 2.75) is 142 Å². The average molecular weight is 528 g/mol. The van der Waals surface area contributed by atoms with Crippen LogP contribution >= 0.6 is 0 Å². The molecule has 0 aromatic heterocycles. The highest BCUT2D eigenvalue weighted by molar-refractivity contribution is 5.78. The molecule has 3 N–H and O–H groups in total. The largest absolute Gasteiger partial charge is 0.480 e. The first-order valence-electron chi connectivity index (χ1n) is 15.1. The Balaban J connectivity index is 4.10. The summed E-state index contributed by atoms with van der Waals surface area (Å²) in [5, 5.41) is 10.0. The molecule has 0 bridgehead atoms. The van der Waals surface area contributed by atoms with Gasteiger partial charge in [-0.15, -0.1) is 0 Å². The Morgan fingerprint density at radius 3 is 1.59 bits per heavy atom. The second kappa shape index (κ2) is 24.7. The van der Waals surface area contributed by atoms with E-state index in [0.29, 0.717) is 19.5 Å². The molecule has 0 rings (SSSR count). The first-order valence-corrected chi connectivity index (χ1v) is 15.1. The van der Waals surface area contributed by atoms with Crippen LogP contribution in [0.25, 0.3) is 0 Å². The molecule has 0 saturated carbocycles. The lowest BCUT2D eigenvalue weighted by atomic mass is 10.0. The van der Waals surface area contributed by atoms with Crippen molar-refractivity contribution >= 4 is 17.8 Å². The van der Waals surface area contributed by atoms with E-state index in [1.807, 2.05) is 13.8 Å².